The Bertz CT molecular complexity index is 1200. The molecule has 0 atom stereocenters. The van der Waals surface area contributed by atoms with Crippen LogP contribution in [-0.4, -0.2) is 44.1 Å². The van der Waals surface area contributed by atoms with Crippen LogP contribution in [0.25, 0.3) is 10.2 Å². The molecule has 0 bridgehead atoms. The van der Waals surface area contributed by atoms with E-state index in [0.29, 0.717) is 21.8 Å². The van der Waals surface area contributed by atoms with Gasteiger partial charge in [0.25, 0.3) is 0 Å². The Labute approximate surface area is 178 Å². The maximum atomic E-state index is 12.8. The number of aromatic nitrogens is 1. The summed E-state index contributed by atoms with van der Waals surface area (Å²) in [4.78, 5) is 14.8. The van der Waals surface area contributed by atoms with Gasteiger partial charge in [-0.15, -0.1) is 0 Å². The van der Waals surface area contributed by atoms with E-state index in [1.54, 1.807) is 28.8 Å². The van der Waals surface area contributed by atoms with Crippen LogP contribution in [0.4, 0.5) is 0 Å². The lowest BCUT2D eigenvalue weighted by Gasteiger charge is -2.29. The summed E-state index contributed by atoms with van der Waals surface area (Å²) in [7, 11) is -1.60. The van der Waals surface area contributed by atoms with Crippen LogP contribution in [-0.2, 0) is 16.6 Å². The van der Waals surface area contributed by atoms with Crippen molar-refractivity contribution in [2.45, 2.75) is 30.3 Å². The molecule has 1 saturated heterocycles. The van der Waals surface area contributed by atoms with Gasteiger partial charge in [-0.05, 0) is 62.8 Å². The molecule has 1 aliphatic rings. The smallest absolute Gasteiger partial charge is 0.306 e. The average molecular weight is 452 g/mol. The first-order valence-corrected chi connectivity index (χ1v) is 12.1. The zero-order valence-corrected chi connectivity index (χ0v) is 18.4. The summed E-state index contributed by atoms with van der Waals surface area (Å²) in [5.41, 5.74) is 1.55. The van der Waals surface area contributed by atoms with Crippen LogP contribution in [0.2, 0.25) is 5.02 Å². The second kappa shape index (κ2) is 8.20. The van der Waals surface area contributed by atoms with Gasteiger partial charge in [-0.3, -0.25) is 9.36 Å². The van der Waals surface area contributed by atoms with E-state index in [0.717, 1.165) is 42.8 Å². The average Bonchev–Trinajstić information content (AvgIpc) is 3.00. The van der Waals surface area contributed by atoms with Gasteiger partial charge in [-0.1, -0.05) is 41.1 Å². The van der Waals surface area contributed by atoms with Gasteiger partial charge in [0.2, 0.25) is 10.0 Å². The first-order valence-electron chi connectivity index (χ1n) is 9.41. The molecule has 9 heteroatoms. The summed E-state index contributed by atoms with van der Waals surface area (Å²) in [5.74, 6) is 0. The van der Waals surface area contributed by atoms with E-state index in [1.807, 2.05) is 25.2 Å². The number of nitrogens with zero attached hydrogens (tertiary/aromatic N) is 2. The molecule has 1 N–H and O–H groups in total. The number of hydrogen-bond acceptors (Lipinski definition) is 5. The van der Waals surface area contributed by atoms with Crippen molar-refractivity contribution in [1.29, 1.82) is 0 Å². The van der Waals surface area contributed by atoms with E-state index >= 15 is 0 Å². The van der Waals surface area contributed by atoms with Crippen LogP contribution < -0.4 is 9.60 Å². The third kappa shape index (κ3) is 4.41. The van der Waals surface area contributed by atoms with Crippen molar-refractivity contribution in [2.24, 2.45) is 0 Å². The molecule has 1 aromatic heterocycles. The number of fused-ring (bicyclic) bond motifs is 1. The largest absolute Gasteiger partial charge is 0.308 e. The van der Waals surface area contributed by atoms with Gasteiger partial charge in [0.1, 0.15) is 0 Å². The van der Waals surface area contributed by atoms with Crippen molar-refractivity contribution < 1.29 is 8.42 Å². The van der Waals surface area contributed by atoms with Gasteiger partial charge in [0.15, 0.2) is 0 Å². The molecule has 0 saturated carbocycles. The Hall–Kier alpha value is -1.71. The Morgan fingerprint density at radius 1 is 1.17 bits per heavy atom. The van der Waals surface area contributed by atoms with Gasteiger partial charge >= 0.3 is 4.87 Å². The monoisotopic (exact) mass is 451 g/mol. The zero-order chi connectivity index (χ0) is 20.6. The van der Waals surface area contributed by atoms with Gasteiger partial charge in [-0.25, -0.2) is 13.1 Å². The third-order valence-corrected chi connectivity index (χ3v) is 8.11. The molecule has 1 aliphatic heterocycles. The van der Waals surface area contributed by atoms with Crippen molar-refractivity contribution in [3.05, 3.63) is 62.7 Å². The molecular weight excluding hydrogens is 430 g/mol. The molecule has 3 aromatic rings. The summed E-state index contributed by atoms with van der Waals surface area (Å²) in [6, 6.07) is 12.2. The molecule has 154 valence electrons. The van der Waals surface area contributed by atoms with Crippen molar-refractivity contribution in [3.63, 3.8) is 0 Å². The minimum absolute atomic E-state index is 0.0598. The number of sulfonamides is 1. The first-order chi connectivity index (χ1) is 13.8. The molecular formula is C20H22ClN3O3S2. The van der Waals surface area contributed by atoms with Crippen LogP contribution in [0.1, 0.15) is 18.4 Å². The number of nitrogens with one attached hydrogen (secondary N) is 1. The minimum Gasteiger partial charge on any atom is -0.306 e. The quantitative estimate of drug-likeness (QED) is 0.646. The minimum atomic E-state index is -3.63. The topological polar surface area (TPSA) is 71.4 Å². The van der Waals surface area contributed by atoms with E-state index in [9.17, 15) is 13.2 Å². The molecule has 2 aromatic carbocycles. The van der Waals surface area contributed by atoms with E-state index < -0.39 is 10.0 Å². The van der Waals surface area contributed by atoms with Crippen molar-refractivity contribution in [3.8, 4) is 0 Å². The summed E-state index contributed by atoms with van der Waals surface area (Å²) < 4.78 is 30.7. The fourth-order valence-electron chi connectivity index (χ4n) is 3.57. The summed E-state index contributed by atoms with van der Waals surface area (Å²) in [5, 5.41) is 0.597. The second-order valence-corrected chi connectivity index (χ2v) is 10.5. The van der Waals surface area contributed by atoms with Gasteiger partial charge in [0.05, 0.1) is 21.7 Å². The van der Waals surface area contributed by atoms with Gasteiger partial charge < -0.3 is 4.90 Å². The molecule has 1 fully saturated rings. The number of likely N-dealkylation sites (tertiary alicyclic amines) is 1. The van der Waals surface area contributed by atoms with Crippen LogP contribution in [0.3, 0.4) is 0 Å². The van der Waals surface area contributed by atoms with E-state index in [1.165, 1.54) is 0 Å². The van der Waals surface area contributed by atoms with Crippen molar-refractivity contribution in [2.75, 3.05) is 20.1 Å². The number of piperidine rings is 1. The molecule has 0 aliphatic carbocycles. The molecule has 0 amide bonds. The lowest BCUT2D eigenvalue weighted by molar-refractivity contribution is 0.248. The molecule has 4 rings (SSSR count). The first kappa shape index (κ1) is 20.6. The number of hydrogen-bond donors (Lipinski definition) is 1. The second-order valence-electron chi connectivity index (χ2n) is 7.37. The lowest BCUT2D eigenvalue weighted by Crippen LogP contribution is -2.43. The predicted octanol–water partition coefficient (Wildman–Crippen LogP) is 3.14. The van der Waals surface area contributed by atoms with Gasteiger partial charge in [0, 0.05) is 11.1 Å². The number of benzene rings is 2. The Morgan fingerprint density at radius 2 is 1.90 bits per heavy atom. The molecule has 0 spiro atoms. The molecule has 0 radical (unpaired) electrons. The van der Waals surface area contributed by atoms with Crippen LogP contribution in [0.15, 0.2) is 52.2 Å². The maximum Gasteiger partial charge on any atom is 0.308 e. The number of thiazole rings is 1. The standard InChI is InChI=1S/C20H22ClN3O3S2/c1-23-10-8-15(9-11-23)22-29(26,27)16-6-7-18-19(12-16)28-20(25)24(18)13-14-4-2-3-5-17(14)21/h2-7,12,15,22H,8-11,13H2,1H3. The Balaban J connectivity index is 1.62. The number of halogens is 1. The van der Waals surface area contributed by atoms with E-state index in [-0.39, 0.29) is 15.8 Å². The molecule has 0 unspecified atom stereocenters. The Kier molecular flexibility index (Phi) is 5.81. The highest BCUT2D eigenvalue weighted by molar-refractivity contribution is 7.89. The van der Waals surface area contributed by atoms with Crippen LogP contribution >= 0.6 is 22.9 Å². The summed E-state index contributed by atoms with van der Waals surface area (Å²) in [6.07, 6.45) is 1.58. The summed E-state index contributed by atoms with van der Waals surface area (Å²) >= 11 is 7.27. The van der Waals surface area contributed by atoms with Crippen LogP contribution in [0.5, 0.6) is 0 Å². The fraction of sp³-hybridized carbons (Fsp3) is 0.350. The van der Waals surface area contributed by atoms with Gasteiger partial charge in [-0.2, -0.15) is 0 Å². The third-order valence-electron chi connectivity index (χ3n) is 5.28. The Morgan fingerprint density at radius 3 is 2.62 bits per heavy atom. The normalized spacial score (nSPS) is 16.5. The lowest BCUT2D eigenvalue weighted by atomic mass is 10.1. The predicted molar refractivity (Wildman–Crippen MR) is 117 cm³/mol. The van der Waals surface area contributed by atoms with Crippen molar-refractivity contribution in [1.82, 2.24) is 14.2 Å². The highest BCUT2D eigenvalue weighted by Crippen LogP contribution is 2.24. The molecule has 29 heavy (non-hydrogen) atoms. The van der Waals surface area contributed by atoms with Crippen LogP contribution in [0, 0.1) is 0 Å². The fourth-order valence-corrected chi connectivity index (χ4v) is 6.11. The van der Waals surface area contributed by atoms with E-state index in [4.69, 9.17) is 11.6 Å². The SMILES string of the molecule is CN1CCC(NS(=O)(=O)c2ccc3c(c2)sc(=O)n3Cc2ccccc2Cl)CC1. The van der Waals surface area contributed by atoms with E-state index in [2.05, 4.69) is 9.62 Å². The zero-order valence-electron chi connectivity index (χ0n) is 16.0. The highest BCUT2D eigenvalue weighted by Gasteiger charge is 2.24. The highest BCUT2D eigenvalue weighted by atomic mass is 35.5. The number of rotatable bonds is 5. The summed E-state index contributed by atoms with van der Waals surface area (Å²) in [6.45, 7) is 2.09. The van der Waals surface area contributed by atoms with Crippen molar-refractivity contribution >= 4 is 43.2 Å². The molecule has 6 nitrogen and oxygen atoms in total. The molecule has 2 heterocycles. The maximum absolute atomic E-state index is 12.8.